The number of nitriles is 1. The minimum atomic E-state index is -0.348. The number of nitrogens with zero attached hydrogens (tertiary/aromatic N) is 3. The molecule has 0 aliphatic carbocycles. The fourth-order valence-electron chi connectivity index (χ4n) is 2.65. The van der Waals surface area contributed by atoms with E-state index in [1.807, 2.05) is 19.9 Å². The number of nitrogens with one attached hydrogen (secondary N) is 3. The van der Waals surface area contributed by atoms with Gasteiger partial charge in [-0.2, -0.15) is 9.64 Å². The van der Waals surface area contributed by atoms with Crippen molar-refractivity contribution in [1.29, 1.82) is 5.26 Å². The normalized spacial score (nSPS) is 10.4. The highest BCUT2D eigenvalue weighted by Crippen LogP contribution is 2.28. The van der Waals surface area contributed by atoms with Gasteiger partial charge in [0.05, 0.1) is 16.8 Å². The zero-order valence-electron chi connectivity index (χ0n) is 16.7. The first-order valence-corrected chi connectivity index (χ1v) is 9.96. The highest BCUT2D eigenvalue weighted by atomic mass is 32.1. The minimum absolute atomic E-state index is 0.0137. The van der Waals surface area contributed by atoms with Crippen LogP contribution in [0, 0.1) is 18.3 Å². The lowest BCUT2D eigenvalue weighted by Gasteiger charge is -2.11. The molecule has 0 bridgehead atoms. The first-order valence-electron chi connectivity index (χ1n) is 9.19. The first kappa shape index (κ1) is 21.0. The quantitative estimate of drug-likeness (QED) is 0.557. The molecule has 1 aromatic carbocycles. The van der Waals surface area contributed by atoms with Gasteiger partial charge in [-0.25, -0.2) is 4.98 Å². The van der Waals surface area contributed by atoms with Crippen LogP contribution in [0.15, 0.2) is 42.6 Å². The van der Waals surface area contributed by atoms with E-state index in [-0.39, 0.29) is 17.9 Å². The van der Waals surface area contributed by atoms with Crippen molar-refractivity contribution >= 4 is 39.9 Å². The molecule has 0 aliphatic heterocycles. The molecule has 8 nitrogen and oxygen atoms in total. The standard InChI is InChI=1S/C21H20N6O2S/c1-12(2)24-19(28)15-5-4-6-16(9-15)25-20(29)18-13(3)27-30-21(18)26-17-8-7-14(10-22)11-23-17/h4-9,11-12H,1-3H3,(H,23,26)(H,24,28)(H,25,29). The van der Waals surface area contributed by atoms with Gasteiger partial charge in [0, 0.05) is 23.5 Å². The first-order chi connectivity index (χ1) is 14.4. The van der Waals surface area contributed by atoms with Gasteiger partial charge in [0.15, 0.2) is 0 Å². The van der Waals surface area contributed by atoms with E-state index in [4.69, 9.17) is 5.26 Å². The van der Waals surface area contributed by atoms with Crippen LogP contribution >= 0.6 is 11.5 Å². The van der Waals surface area contributed by atoms with E-state index in [1.54, 1.807) is 43.3 Å². The molecular formula is C21H20N6O2S. The maximum absolute atomic E-state index is 12.9. The number of rotatable bonds is 6. The molecule has 0 fully saturated rings. The summed E-state index contributed by atoms with van der Waals surface area (Å²) in [6.45, 7) is 5.51. The van der Waals surface area contributed by atoms with E-state index in [1.165, 1.54) is 6.20 Å². The van der Waals surface area contributed by atoms with Gasteiger partial charge in [-0.1, -0.05) is 6.07 Å². The summed E-state index contributed by atoms with van der Waals surface area (Å²) in [6, 6.07) is 12.1. The van der Waals surface area contributed by atoms with Gasteiger partial charge in [-0.05, 0) is 62.6 Å². The number of benzene rings is 1. The Morgan fingerprint density at radius 2 is 1.97 bits per heavy atom. The number of aromatic nitrogens is 2. The van der Waals surface area contributed by atoms with E-state index in [0.29, 0.717) is 38.9 Å². The Morgan fingerprint density at radius 1 is 1.17 bits per heavy atom. The largest absolute Gasteiger partial charge is 0.350 e. The van der Waals surface area contributed by atoms with E-state index in [0.717, 1.165) is 11.5 Å². The number of amides is 2. The predicted octanol–water partition coefficient (Wildman–Crippen LogP) is 3.85. The van der Waals surface area contributed by atoms with Crippen molar-refractivity contribution in [3.8, 4) is 6.07 Å². The van der Waals surface area contributed by atoms with Crippen molar-refractivity contribution < 1.29 is 9.59 Å². The molecule has 3 N–H and O–H groups in total. The Balaban J connectivity index is 1.78. The van der Waals surface area contributed by atoms with Gasteiger partial charge in [0.2, 0.25) is 0 Å². The number of pyridine rings is 1. The molecule has 2 aromatic heterocycles. The van der Waals surface area contributed by atoms with E-state index in [9.17, 15) is 9.59 Å². The second-order valence-corrected chi connectivity index (χ2v) is 7.58. The molecule has 0 spiro atoms. The molecule has 9 heteroatoms. The maximum atomic E-state index is 12.9. The zero-order chi connectivity index (χ0) is 21.7. The molecule has 2 amide bonds. The molecule has 0 radical (unpaired) electrons. The summed E-state index contributed by atoms with van der Waals surface area (Å²) in [5.74, 6) is -0.0541. The van der Waals surface area contributed by atoms with Crippen LogP contribution in [0.5, 0.6) is 0 Å². The number of hydrogen-bond donors (Lipinski definition) is 3. The van der Waals surface area contributed by atoms with Crippen LogP contribution in [0.1, 0.15) is 45.8 Å². The van der Waals surface area contributed by atoms with Crippen molar-refractivity contribution in [2.75, 3.05) is 10.6 Å². The number of carbonyl (C=O) groups excluding carboxylic acids is 2. The van der Waals surface area contributed by atoms with Crippen molar-refractivity contribution in [1.82, 2.24) is 14.7 Å². The minimum Gasteiger partial charge on any atom is -0.350 e. The monoisotopic (exact) mass is 420 g/mol. The zero-order valence-corrected chi connectivity index (χ0v) is 17.5. The Bertz CT molecular complexity index is 1120. The van der Waals surface area contributed by atoms with Crippen molar-refractivity contribution in [3.63, 3.8) is 0 Å². The molecular weight excluding hydrogens is 400 g/mol. The summed E-state index contributed by atoms with van der Waals surface area (Å²) in [7, 11) is 0. The third-order valence-electron chi connectivity index (χ3n) is 4.03. The smallest absolute Gasteiger partial charge is 0.260 e. The average molecular weight is 420 g/mol. The number of anilines is 3. The lowest BCUT2D eigenvalue weighted by atomic mass is 10.1. The molecule has 0 aliphatic rings. The van der Waals surface area contributed by atoms with Gasteiger partial charge in [0.1, 0.15) is 16.9 Å². The number of hydrogen-bond acceptors (Lipinski definition) is 7. The lowest BCUT2D eigenvalue weighted by Crippen LogP contribution is -2.30. The van der Waals surface area contributed by atoms with E-state index in [2.05, 4.69) is 25.3 Å². The van der Waals surface area contributed by atoms with Gasteiger partial charge in [-0.15, -0.1) is 0 Å². The maximum Gasteiger partial charge on any atom is 0.260 e. The van der Waals surface area contributed by atoms with Gasteiger partial charge >= 0.3 is 0 Å². The Labute approximate surface area is 178 Å². The van der Waals surface area contributed by atoms with Gasteiger partial charge in [-0.3, -0.25) is 9.59 Å². The second kappa shape index (κ2) is 9.15. The molecule has 0 atom stereocenters. The summed E-state index contributed by atoms with van der Waals surface area (Å²) in [5, 5.41) is 18.1. The average Bonchev–Trinajstić information content (AvgIpc) is 3.08. The van der Waals surface area contributed by atoms with Crippen LogP contribution in [-0.4, -0.2) is 27.2 Å². The van der Waals surface area contributed by atoms with E-state index < -0.39 is 0 Å². The molecule has 3 aromatic rings. The van der Waals surface area contributed by atoms with Crippen LogP contribution in [-0.2, 0) is 0 Å². The number of carbonyl (C=O) groups is 2. The van der Waals surface area contributed by atoms with Crippen LogP contribution < -0.4 is 16.0 Å². The molecule has 30 heavy (non-hydrogen) atoms. The molecule has 0 saturated carbocycles. The van der Waals surface area contributed by atoms with Crippen LogP contribution in [0.4, 0.5) is 16.5 Å². The molecule has 0 unspecified atom stereocenters. The highest BCUT2D eigenvalue weighted by molar-refractivity contribution is 7.10. The molecule has 2 heterocycles. The Kier molecular flexibility index (Phi) is 6.39. The SMILES string of the molecule is Cc1nsc(Nc2ccc(C#N)cn2)c1C(=O)Nc1cccc(C(=O)NC(C)C)c1. The lowest BCUT2D eigenvalue weighted by molar-refractivity contribution is 0.0941. The summed E-state index contributed by atoms with van der Waals surface area (Å²) >= 11 is 1.14. The summed E-state index contributed by atoms with van der Waals surface area (Å²) < 4.78 is 4.26. The van der Waals surface area contributed by atoms with Crippen molar-refractivity contribution in [2.45, 2.75) is 26.8 Å². The Morgan fingerprint density at radius 3 is 2.63 bits per heavy atom. The molecule has 0 saturated heterocycles. The summed E-state index contributed by atoms with van der Waals surface area (Å²) in [4.78, 5) is 29.3. The van der Waals surface area contributed by atoms with Crippen LogP contribution in [0.25, 0.3) is 0 Å². The molecule has 3 rings (SSSR count). The van der Waals surface area contributed by atoms with E-state index >= 15 is 0 Å². The Hall–Kier alpha value is -3.77. The third kappa shape index (κ3) is 4.98. The van der Waals surface area contributed by atoms with Crippen LogP contribution in [0.2, 0.25) is 0 Å². The third-order valence-corrected chi connectivity index (χ3v) is 4.88. The fourth-order valence-corrected chi connectivity index (χ4v) is 3.45. The summed E-state index contributed by atoms with van der Waals surface area (Å²) in [6.07, 6.45) is 1.45. The van der Waals surface area contributed by atoms with Gasteiger partial charge < -0.3 is 16.0 Å². The van der Waals surface area contributed by atoms with Crippen molar-refractivity contribution in [3.05, 3.63) is 65.0 Å². The topological polar surface area (TPSA) is 120 Å². The number of aryl methyl sites for hydroxylation is 1. The predicted molar refractivity (Wildman–Crippen MR) is 116 cm³/mol. The summed E-state index contributed by atoms with van der Waals surface area (Å²) in [5.41, 5.74) is 2.37. The fraction of sp³-hybridized carbons (Fsp3) is 0.190. The highest BCUT2D eigenvalue weighted by Gasteiger charge is 2.19. The van der Waals surface area contributed by atoms with Gasteiger partial charge in [0.25, 0.3) is 11.8 Å². The van der Waals surface area contributed by atoms with Crippen LogP contribution in [0.3, 0.4) is 0 Å². The molecule has 152 valence electrons. The van der Waals surface area contributed by atoms with Crippen molar-refractivity contribution in [2.24, 2.45) is 0 Å². The second-order valence-electron chi connectivity index (χ2n) is 6.80.